The van der Waals surface area contributed by atoms with Crippen LogP contribution in [0.5, 0.6) is 0 Å². The molecule has 1 aliphatic rings. The molecule has 0 unspecified atom stereocenters. The van der Waals surface area contributed by atoms with Gasteiger partial charge >= 0.3 is 0 Å². The lowest BCUT2D eigenvalue weighted by molar-refractivity contribution is 0.663. The van der Waals surface area contributed by atoms with Gasteiger partial charge in [0.25, 0.3) is 0 Å². The summed E-state index contributed by atoms with van der Waals surface area (Å²) >= 11 is 0. The highest BCUT2D eigenvalue weighted by molar-refractivity contribution is 6.12. The zero-order valence-corrected chi connectivity index (χ0v) is 33.2. The topological polar surface area (TPSA) is 36.2 Å². The Hall–Kier alpha value is -7.42. The van der Waals surface area contributed by atoms with E-state index in [1.165, 1.54) is 60.7 Å². The maximum absolute atomic E-state index is 9.00. The molecule has 0 saturated carbocycles. The van der Waals surface area contributed by atoms with Gasteiger partial charge in [-0.2, -0.15) is 0 Å². The van der Waals surface area contributed by atoms with Gasteiger partial charge in [-0.15, -0.1) is 0 Å². The van der Waals surface area contributed by atoms with Gasteiger partial charge in [-0.1, -0.05) is 196 Å². The molecule has 0 aromatic heterocycles. The van der Waals surface area contributed by atoms with Crippen LogP contribution in [0.15, 0.2) is 211 Å². The molecule has 2 heteroatoms. The van der Waals surface area contributed by atoms with Gasteiger partial charge < -0.3 is 5.41 Å². The zero-order chi connectivity index (χ0) is 39.9. The third-order valence-electron chi connectivity index (χ3n) is 12.0. The van der Waals surface area contributed by atoms with Crippen molar-refractivity contribution in [2.75, 3.05) is 0 Å². The molecule has 1 aliphatic carbocycles. The zero-order valence-electron chi connectivity index (χ0n) is 33.2. The van der Waals surface area contributed by atoms with Crippen LogP contribution in [0.1, 0.15) is 41.7 Å². The van der Waals surface area contributed by atoms with E-state index in [-0.39, 0.29) is 5.41 Å². The number of fused-ring (bicyclic) bond motifs is 5. The quantitative estimate of drug-likeness (QED) is 0.150. The second-order valence-electron chi connectivity index (χ2n) is 15.9. The average molecular weight is 755 g/mol. The summed E-state index contributed by atoms with van der Waals surface area (Å²) in [6.45, 7) is 4.74. The van der Waals surface area contributed by atoms with Crippen LogP contribution in [-0.2, 0) is 5.41 Å². The third-order valence-corrected chi connectivity index (χ3v) is 12.0. The Morgan fingerprint density at radius 3 is 1.81 bits per heavy atom. The van der Waals surface area contributed by atoms with E-state index in [1.807, 2.05) is 48.7 Å². The minimum Gasteiger partial charge on any atom is -0.300 e. The molecule has 0 bridgehead atoms. The fraction of sp³-hybridized carbons (Fsp3) is 0.0526. The first kappa shape index (κ1) is 36.0. The molecule has 0 saturated heterocycles. The van der Waals surface area contributed by atoms with E-state index in [9.17, 15) is 0 Å². The molecule has 280 valence electrons. The number of hydrogen-bond acceptors (Lipinski definition) is 2. The first-order chi connectivity index (χ1) is 28.9. The van der Waals surface area contributed by atoms with Crippen molar-refractivity contribution in [2.24, 2.45) is 4.99 Å². The number of rotatable bonds is 8. The van der Waals surface area contributed by atoms with Gasteiger partial charge in [0.2, 0.25) is 0 Å². The lowest BCUT2D eigenvalue weighted by atomic mass is 9.78. The van der Waals surface area contributed by atoms with Crippen molar-refractivity contribution in [3.8, 4) is 44.5 Å². The summed E-state index contributed by atoms with van der Waals surface area (Å²) < 4.78 is 0. The first-order valence-corrected chi connectivity index (χ1v) is 20.3. The average Bonchev–Trinajstić information content (AvgIpc) is 3.52. The highest BCUT2D eigenvalue weighted by atomic mass is 14.7. The number of nitrogens with one attached hydrogen (secondary N) is 1. The normalized spacial score (nSPS) is 13.2. The van der Waals surface area contributed by atoms with Crippen molar-refractivity contribution in [2.45, 2.75) is 19.3 Å². The van der Waals surface area contributed by atoms with Crippen LogP contribution in [0.4, 0.5) is 0 Å². The number of nitrogens with zero attached hydrogens (tertiary/aromatic N) is 1. The second-order valence-corrected chi connectivity index (χ2v) is 15.9. The molecular weight excluding hydrogens is 713 g/mol. The monoisotopic (exact) mass is 754 g/mol. The molecule has 9 aromatic carbocycles. The van der Waals surface area contributed by atoms with E-state index in [4.69, 9.17) is 10.4 Å². The molecule has 0 aliphatic heterocycles. The molecule has 9 aromatic rings. The Morgan fingerprint density at radius 1 is 0.458 bits per heavy atom. The number of hydrogen-bond donors (Lipinski definition) is 1. The van der Waals surface area contributed by atoms with Crippen molar-refractivity contribution in [1.82, 2.24) is 0 Å². The fourth-order valence-electron chi connectivity index (χ4n) is 8.98. The fourth-order valence-corrected chi connectivity index (χ4v) is 8.98. The second kappa shape index (κ2) is 14.8. The van der Waals surface area contributed by atoms with Gasteiger partial charge in [-0.3, -0.25) is 4.99 Å². The van der Waals surface area contributed by atoms with E-state index in [2.05, 4.69) is 178 Å². The third kappa shape index (κ3) is 6.59. The number of benzene rings is 9. The molecule has 59 heavy (non-hydrogen) atoms. The van der Waals surface area contributed by atoms with Crippen molar-refractivity contribution >= 4 is 39.2 Å². The maximum Gasteiger partial charge on any atom is 0.0723 e. The number of aliphatic imine (C=N–C) groups is 1. The molecular formula is C57H42N2. The number of allylic oxidation sites excluding steroid dienone is 1. The van der Waals surface area contributed by atoms with E-state index in [0.29, 0.717) is 5.71 Å². The Kier molecular flexibility index (Phi) is 9.03. The largest absolute Gasteiger partial charge is 0.300 e. The lowest BCUT2D eigenvalue weighted by Gasteiger charge is -2.25. The van der Waals surface area contributed by atoms with Crippen molar-refractivity contribution in [3.05, 3.63) is 234 Å². The van der Waals surface area contributed by atoms with Gasteiger partial charge in [0, 0.05) is 22.8 Å². The smallest absolute Gasteiger partial charge is 0.0723 e. The summed E-state index contributed by atoms with van der Waals surface area (Å²) in [7, 11) is 0. The van der Waals surface area contributed by atoms with Crippen molar-refractivity contribution in [3.63, 3.8) is 0 Å². The van der Waals surface area contributed by atoms with Crippen LogP contribution in [0.2, 0.25) is 0 Å². The Labute approximate surface area is 346 Å². The highest BCUT2D eigenvalue weighted by Crippen LogP contribution is 2.53. The summed E-state index contributed by atoms with van der Waals surface area (Å²) in [6.07, 6.45) is 3.82. The van der Waals surface area contributed by atoms with Crippen LogP contribution >= 0.6 is 0 Å². The Balaban J connectivity index is 1.00. The highest BCUT2D eigenvalue weighted by Gasteiger charge is 2.37. The minimum absolute atomic E-state index is 0.126. The van der Waals surface area contributed by atoms with Crippen LogP contribution < -0.4 is 0 Å². The first-order valence-electron chi connectivity index (χ1n) is 20.3. The molecule has 1 N–H and O–H groups in total. The minimum atomic E-state index is -0.126. The van der Waals surface area contributed by atoms with Crippen molar-refractivity contribution < 1.29 is 0 Å². The van der Waals surface area contributed by atoms with Gasteiger partial charge in [0.1, 0.15) is 0 Å². The van der Waals surface area contributed by atoms with Crippen molar-refractivity contribution in [1.29, 1.82) is 5.41 Å². The molecule has 0 radical (unpaired) electrons. The van der Waals surface area contributed by atoms with Crippen LogP contribution in [0.3, 0.4) is 0 Å². The lowest BCUT2D eigenvalue weighted by Crippen LogP contribution is -2.16. The standard InChI is InChI=1S/C57H42N2/c1-57(2)53-35-44-20-10-9-19-43(44)34-52(53)51-26-14-25-49(56(51)57)40-29-27-39(28-30-40)48-32-31-46(47-23-11-12-24-50(47)48)37-59-55(36-54(58)41-17-7-4-8-18-41)45-22-13-21-42(33-45)38-15-5-3-6-16-38/h3-37,58H,1-2H3/b55-36-,58-54?,59-37?. The van der Waals surface area contributed by atoms with E-state index < -0.39 is 0 Å². The van der Waals surface area contributed by atoms with Gasteiger partial charge in [-0.05, 0) is 107 Å². The summed E-state index contributed by atoms with van der Waals surface area (Å²) in [5, 5.41) is 13.9. The summed E-state index contributed by atoms with van der Waals surface area (Å²) in [5.74, 6) is 0. The van der Waals surface area contributed by atoms with E-state index >= 15 is 0 Å². The molecule has 0 atom stereocenters. The molecule has 2 nitrogen and oxygen atoms in total. The maximum atomic E-state index is 9.00. The summed E-state index contributed by atoms with van der Waals surface area (Å²) in [5.41, 5.74) is 16.4. The van der Waals surface area contributed by atoms with Crippen LogP contribution in [0, 0.1) is 5.41 Å². The molecule has 0 amide bonds. The van der Waals surface area contributed by atoms with Gasteiger partial charge in [0.15, 0.2) is 0 Å². The molecule has 10 rings (SSSR count). The molecule has 0 spiro atoms. The predicted molar refractivity (Wildman–Crippen MR) is 251 cm³/mol. The SMILES string of the molecule is CC1(C)c2cc3ccccc3cc2-c2cccc(-c3ccc(-c4ccc(C=N/C(=C\C(=N)c5ccccc5)c5cccc(-c6ccccc6)c5)c5ccccc45)cc3)c21. The van der Waals surface area contributed by atoms with E-state index in [0.717, 1.165) is 38.9 Å². The molecule has 0 heterocycles. The predicted octanol–water partition coefficient (Wildman–Crippen LogP) is 14.8. The Morgan fingerprint density at radius 2 is 1.05 bits per heavy atom. The van der Waals surface area contributed by atoms with Crippen LogP contribution in [0.25, 0.3) is 71.7 Å². The summed E-state index contributed by atoms with van der Waals surface area (Å²) in [6, 6.07) is 71.0. The molecule has 0 fully saturated rings. The van der Waals surface area contributed by atoms with Crippen LogP contribution in [-0.4, -0.2) is 11.9 Å². The Bertz CT molecular complexity index is 3110. The van der Waals surface area contributed by atoms with E-state index in [1.54, 1.807) is 0 Å². The van der Waals surface area contributed by atoms with Gasteiger partial charge in [-0.25, -0.2) is 0 Å². The van der Waals surface area contributed by atoms with Gasteiger partial charge in [0.05, 0.1) is 11.4 Å². The summed E-state index contributed by atoms with van der Waals surface area (Å²) in [4.78, 5) is 5.13.